The Kier molecular flexibility index (Phi) is 10.9. The molecule has 0 spiro atoms. The topological polar surface area (TPSA) is 113 Å². The molecule has 2 aliphatic heterocycles. The standard InChI is InChI=1S/C41H44N3O8P/c1-27-25-44(40(46)42-39(27)45)37-24-35(51-53-43(3)28(2)38(52-53)29-12-8-6-9-13-29)36(50-37)26-49-41(30-14-10-7-11-15-30,31-16-20-33(47-4)21-17-31)32-18-22-34(48-5)23-19-32/h6-23,25,28,35-38H,24,26H2,1-5H3,(H,42,45,46)/t28-,35-,36+,37+,38-,53-/m0/s1. The first-order valence-electron chi connectivity index (χ1n) is 17.6. The Morgan fingerprint density at radius 3 is 1.98 bits per heavy atom. The number of rotatable bonds is 12. The van der Waals surface area contributed by atoms with Crippen molar-refractivity contribution < 1.29 is 28.0 Å². The van der Waals surface area contributed by atoms with Gasteiger partial charge in [0, 0.05) is 24.2 Å². The molecule has 276 valence electrons. The van der Waals surface area contributed by atoms with Crippen molar-refractivity contribution in [3.8, 4) is 11.5 Å². The fourth-order valence-corrected chi connectivity index (χ4v) is 8.73. The first kappa shape index (κ1) is 36.7. The molecular weight excluding hydrogens is 693 g/mol. The van der Waals surface area contributed by atoms with Gasteiger partial charge < -0.3 is 28.0 Å². The number of hydrogen-bond donors (Lipinski definition) is 1. The van der Waals surface area contributed by atoms with E-state index in [1.54, 1.807) is 21.1 Å². The van der Waals surface area contributed by atoms with Gasteiger partial charge in [-0.05, 0) is 67.4 Å². The maximum atomic E-state index is 13.1. The van der Waals surface area contributed by atoms with Gasteiger partial charge in [-0.25, -0.2) is 9.46 Å². The van der Waals surface area contributed by atoms with Gasteiger partial charge in [0.2, 0.25) is 0 Å². The van der Waals surface area contributed by atoms with Gasteiger partial charge in [0.05, 0.1) is 26.9 Å². The van der Waals surface area contributed by atoms with E-state index >= 15 is 0 Å². The second-order valence-electron chi connectivity index (χ2n) is 13.3. The highest BCUT2D eigenvalue weighted by Gasteiger charge is 2.47. The number of benzene rings is 4. The molecule has 12 heteroatoms. The molecule has 3 heterocycles. The summed E-state index contributed by atoms with van der Waals surface area (Å²) >= 11 is 0. The number of nitrogens with zero attached hydrogens (tertiary/aromatic N) is 2. The second-order valence-corrected chi connectivity index (χ2v) is 14.8. The van der Waals surface area contributed by atoms with E-state index in [4.69, 9.17) is 28.0 Å². The van der Waals surface area contributed by atoms with Crippen LogP contribution in [0.5, 0.6) is 11.5 Å². The minimum absolute atomic E-state index is 0.0525. The predicted molar refractivity (Wildman–Crippen MR) is 202 cm³/mol. The number of ether oxygens (including phenoxy) is 4. The second kappa shape index (κ2) is 15.8. The van der Waals surface area contributed by atoms with E-state index in [1.807, 2.05) is 104 Å². The molecule has 2 aliphatic rings. The van der Waals surface area contributed by atoms with Crippen LogP contribution in [0, 0.1) is 6.92 Å². The van der Waals surface area contributed by atoms with Gasteiger partial charge in [-0.15, -0.1) is 0 Å². The molecule has 11 nitrogen and oxygen atoms in total. The van der Waals surface area contributed by atoms with Crippen LogP contribution in [0.2, 0.25) is 0 Å². The van der Waals surface area contributed by atoms with Crippen LogP contribution in [-0.2, 0) is 24.1 Å². The maximum absolute atomic E-state index is 13.1. The summed E-state index contributed by atoms with van der Waals surface area (Å²) in [6.07, 6.45) is -0.218. The summed E-state index contributed by atoms with van der Waals surface area (Å²) in [4.78, 5) is 27.8. The summed E-state index contributed by atoms with van der Waals surface area (Å²) in [5.41, 5.74) is 2.02. The van der Waals surface area contributed by atoms with Crippen molar-refractivity contribution in [2.45, 2.75) is 56.5 Å². The third kappa shape index (κ3) is 7.33. The zero-order valence-electron chi connectivity index (χ0n) is 30.4. The summed E-state index contributed by atoms with van der Waals surface area (Å²) in [7, 11) is 3.77. The monoisotopic (exact) mass is 737 g/mol. The maximum Gasteiger partial charge on any atom is 0.330 e. The number of nitrogens with one attached hydrogen (secondary N) is 1. The molecule has 7 rings (SSSR count). The lowest BCUT2D eigenvalue weighted by atomic mass is 9.80. The third-order valence-electron chi connectivity index (χ3n) is 10.1. The summed E-state index contributed by atoms with van der Waals surface area (Å²) in [6.45, 7) is 3.86. The van der Waals surface area contributed by atoms with Crippen molar-refractivity contribution in [3.63, 3.8) is 0 Å². The van der Waals surface area contributed by atoms with E-state index in [2.05, 4.69) is 28.7 Å². The lowest BCUT2D eigenvalue weighted by Gasteiger charge is -2.37. The molecule has 0 saturated carbocycles. The van der Waals surface area contributed by atoms with Gasteiger partial charge in [-0.3, -0.25) is 14.3 Å². The highest BCUT2D eigenvalue weighted by molar-refractivity contribution is 7.44. The molecule has 6 atom stereocenters. The summed E-state index contributed by atoms with van der Waals surface area (Å²) in [5.74, 6) is 1.43. The van der Waals surface area contributed by atoms with Gasteiger partial charge in [0.25, 0.3) is 14.1 Å². The van der Waals surface area contributed by atoms with Crippen molar-refractivity contribution in [3.05, 3.63) is 164 Å². The van der Waals surface area contributed by atoms with Crippen LogP contribution in [0.1, 0.15) is 53.5 Å². The van der Waals surface area contributed by atoms with E-state index in [9.17, 15) is 9.59 Å². The zero-order valence-corrected chi connectivity index (χ0v) is 31.3. The normalized spacial score (nSPS) is 23.3. The lowest BCUT2D eigenvalue weighted by molar-refractivity contribution is -0.0920. The quantitative estimate of drug-likeness (QED) is 0.108. The summed E-state index contributed by atoms with van der Waals surface area (Å²) in [6, 6.07) is 35.9. The molecule has 0 amide bonds. The van der Waals surface area contributed by atoms with Gasteiger partial charge in [0.1, 0.15) is 35.5 Å². The smallest absolute Gasteiger partial charge is 0.330 e. The highest BCUT2D eigenvalue weighted by Crippen LogP contribution is 2.58. The van der Waals surface area contributed by atoms with Gasteiger partial charge in [-0.1, -0.05) is 84.9 Å². The molecular formula is C41H44N3O8P. The fourth-order valence-electron chi connectivity index (χ4n) is 7.01. The molecule has 0 bridgehead atoms. The fraction of sp³-hybridized carbons (Fsp3) is 0.317. The first-order chi connectivity index (χ1) is 25.7. The molecule has 2 fully saturated rings. The molecule has 5 aromatic rings. The number of aromatic amines is 1. The Bertz CT molecular complexity index is 2050. The Morgan fingerprint density at radius 1 is 0.830 bits per heavy atom. The van der Waals surface area contributed by atoms with E-state index in [1.165, 1.54) is 10.8 Å². The Hall–Kier alpha value is -4.61. The highest BCUT2D eigenvalue weighted by atomic mass is 31.2. The first-order valence-corrected chi connectivity index (χ1v) is 18.7. The summed E-state index contributed by atoms with van der Waals surface area (Å²) in [5, 5.41) is 0. The molecule has 53 heavy (non-hydrogen) atoms. The molecule has 0 radical (unpaired) electrons. The van der Waals surface area contributed by atoms with E-state index in [-0.39, 0.29) is 18.8 Å². The van der Waals surface area contributed by atoms with Crippen LogP contribution < -0.4 is 20.7 Å². The number of aryl methyl sites for hydroxylation is 1. The predicted octanol–water partition coefficient (Wildman–Crippen LogP) is 6.86. The Morgan fingerprint density at radius 2 is 1.40 bits per heavy atom. The minimum atomic E-state index is -1.51. The number of methoxy groups -OCH3 is 2. The molecule has 0 unspecified atom stereocenters. The average molecular weight is 738 g/mol. The number of aromatic nitrogens is 2. The van der Waals surface area contributed by atoms with Crippen molar-refractivity contribution in [1.29, 1.82) is 0 Å². The number of hydrogen-bond acceptors (Lipinski definition) is 9. The van der Waals surface area contributed by atoms with Crippen LogP contribution in [0.3, 0.4) is 0 Å². The van der Waals surface area contributed by atoms with Crippen molar-refractivity contribution in [2.75, 3.05) is 27.9 Å². The molecule has 2 saturated heterocycles. The van der Waals surface area contributed by atoms with Crippen molar-refractivity contribution in [1.82, 2.24) is 14.2 Å². The van der Waals surface area contributed by atoms with Gasteiger partial charge in [0.15, 0.2) is 0 Å². The SMILES string of the molecule is COc1ccc(C(OC[C@H]2O[C@@H](n3cc(C)c(=O)[nH]c3=O)C[C@@H]2O[P@@]2O[C@H](c3ccccc3)[C@H](C)N2C)(c2ccccc2)c2ccc(OC)cc2)cc1. The van der Waals surface area contributed by atoms with Crippen LogP contribution >= 0.6 is 8.53 Å². The minimum Gasteiger partial charge on any atom is -0.497 e. The largest absolute Gasteiger partial charge is 0.497 e. The van der Waals surface area contributed by atoms with E-state index in [0.717, 1.165) is 22.3 Å². The molecule has 1 N–H and O–H groups in total. The average Bonchev–Trinajstić information content (AvgIpc) is 3.73. The van der Waals surface area contributed by atoms with Crippen LogP contribution in [0.15, 0.2) is 125 Å². The van der Waals surface area contributed by atoms with E-state index in [0.29, 0.717) is 23.5 Å². The van der Waals surface area contributed by atoms with Crippen LogP contribution in [-0.4, -0.2) is 60.3 Å². The number of likely N-dealkylation sites (N-methyl/N-ethyl adjacent to an activating group) is 1. The zero-order chi connectivity index (χ0) is 37.1. The molecule has 0 aliphatic carbocycles. The number of H-pyrrole nitrogens is 1. The van der Waals surface area contributed by atoms with Crippen LogP contribution in [0.4, 0.5) is 0 Å². The van der Waals surface area contributed by atoms with Crippen LogP contribution in [0.25, 0.3) is 0 Å². The van der Waals surface area contributed by atoms with Crippen molar-refractivity contribution in [2.24, 2.45) is 0 Å². The lowest BCUT2D eigenvalue weighted by Crippen LogP contribution is -2.38. The Labute approximate surface area is 310 Å². The van der Waals surface area contributed by atoms with Crippen molar-refractivity contribution >= 4 is 8.53 Å². The van der Waals surface area contributed by atoms with Gasteiger partial charge in [-0.2, -0.15) is 0 Å². The third-order valence-corrected chi connectivity index (χ3v) is 11.9. The Balaban J connectivity index is 1.27. The van der Waals surface area contributed by atoms with E-state index < -0.39 is 43.8 Å². The molecule has 4 aromatic carbocycles. The molecule has 1 aromatic heterocycles. The van der Waals surface area contributed by atoms with Gasteiger partial charge >= 0.3 is 5.69 Å². The summed E-state index contributed by atoms with van der Waals surface area (Å²) < 4.78 is 42.0.